The van der Waals surface area contributed by atoms with Gasteiger partial charge < -0.3 is 0 Å². The van der Waals surface area contributed by atoms with Crippen molar-refractivity contribution in [2.45, 2.75) is 45.3 Å². The van der Waals surface area contributed by atoms with Gasteiger partial charge in [0, 0.05) is 18.8 Å². The number of hydrogen-bond donors (Lipinski definition) is 0. The molecule has 0 aliphatic carbocycles. The molecule has 1 aliphatic heterocycles. The van der Waals surface area contributed by atoms with E-state index in [-0.39, 0.29) is 0 Å². The lowest BCUT2D eigenvalue weighted by Crippen LogP contribution is -2.41. The molecule has 2 aromatic rings. The van der Waals surface area contributed by atoms with E-state index in [4.69, 9.17) is 5.26 Å². The molecule has 1 aromatic heterocycles. The van der Waals surface area contributed by atoms with Gasteiger partial charge in [0.05, 0.1) is 24.4 Å². The maximum Gasteiger partial charge on any atom is 0.0991 e. The average Bonchev–Trinajstić information content (AvgIpc) is 2.94. The summed E-state index contributed by atoms with van der Waals surface area (Å²) in [6.07, 6.45) is 7.80. The fourth-order valence-corrected chi connectivity index (χ4v) is 3.23. The highest BCUT2D eigenvalue weighted by Crippen LogP contribution is 2.21. The topological polar surface area (TPSA) is 44.9 Å². The van der Waals surface area contributed by atoms with Gasteiger partial charge in [-0.25, -0.2) is 0 Å². The lowest BCUT2D eigenvalue weighted by atomic mass is 10.0. The molecule has 1 atom stereocenters. The van der Waals surface area contributed by atoms with Crippen LogP contribution < -0.4 is 0 Å². The molecule has 114 valence electrons. The maximum atomic E-state index is 9.04. The zero-order chi connectivity index (χ0) is 15.4. The molecule has 4 nitrogen and oxygen atoms in total. The van der Waals surface area contributed by atoms with Crippen molar-refractivity contribution in [2.24, 2.45) is 0 Å². The summed E-state index contributed by atoms with van der Waals surface area (Å²) < 4.78 is 2.06. The number of aryl methyl sites for hydroxylation is 1. The van der Waals surface area contributed by atoms with Gasteiger partial charge in [0.1, 0.15) is 0 Å². The van der Waals surface area contributed by atoms with Gasteiger partial charge in [-0.3, -0.25) is 9.58 Å². The maximum absolute atomic E-state index is 9.04. The van der Waals surface area contributed by atoms with Crippen LogP contribution in [0.3, 0.4) is 0 Å². The van der Waals surface area contributed by atoms with Gasteiger partial charge in [0.15, 0.2) is 0 Å². The molecular formula is C18H22N4. The minimum atomic E-state index is 0.527. The van der Waals surface area contributed by atoms with Gasteiger partial charge in [-0.05, 0) is 49.6 Å². The quantitative estimate of drug-likeness (QED) is 0.870. The van der Waals surface area contributed by atoms with Gasteiger partial charge in [-0.2, -0.15) is 10.4 Å². The third-order valence-corrected chi connectivity index (χ3v) is 4.35. The van der Waals surface area contributed by atoms with Crippen LogP contribution in [0.1, 0.15) is 36.0 Å². The Kier molecular flexibility index (Phi) is 4.55. The standard InChI is InChI=1S/C18H22N4/c1-15-11-20-22(12-15)14-18-7-2-3-8-21(18)13-17-6-4-5-16(9-17)10-19/h4-6,9,11-12,18H,2-3,7-8,13-14H2,1H3. The molecule has 3 rings (SSSR count). The first-order valence-electron chi connectivity index (χ1n) is 7.97. The molecule has 1 aliphatic rings. The van der Waals surface area contributed by atoms with E-state index in [1.54, 1.807) is 0 Å². The SMILES string of the molecule is Cc1cnn(CC2CCCCN2Cc2cccc(C#N)c2)c1. The molecule has 2 heterocycles. The molecule has 22 heavy (non-hydrogen) atoms. The first kappa shape index (κ1) is 14.8. The Balaban J connectivity index is 1.70. The Bertz CT molecular complexity index is 668. The van der Waals surface area contributed by atoms with Crippen molar-refractivity contribution in [1.29, 1.82) is 5.26 Å². The Morgan fingerprint density at radius 1 is 1.36 bits per heavy atom. The van der Waals surface area contributed by atoms with E-state index < -0.39 is 0 Å². The smallest absolute Gasteiger partial charge is 0.0991 e. The molecule has 0 bridgehead atoms. The van der Waals surface area contributed by atoms with E-state index >= 15 is 0 Å². The second kappa shape index (κ2) is 6.76. The first-order chi connectivity index (χ1) is 10.7. The van der Waals surface area contributed by atoms with Gasteiger partial charge in [0.25, 0.3) is 0 Å². The number of nitriles is 1. The lowest BCUT2D eigenvalue weighted by molar-refractivity contribution is 0.122. The highest BCUT2D eigenvalue weighted by atomic mass is 15.3. The van der Waals surface area contributed by atoms with Crippen LogP contribution in [0.5, 0.6) is 0 Å². The lowest BCUT2D eigenvalue weighted by Gasteiger charge is -2.35. The van der Waals surface area contributed by atoms with Crippen molar-refractivity contribution >= 4 is 0 Å². The highest BCUT2D eigenvalue weighted by Gasteiger charge is 2.23. The predicted octanol–water partition coefficient (Wildman–Crippen LogP) is 3.12. The molecule has 0 radical (unpaired) electrons. The second-order valence-electron chi connectivity index (χ2n) is 6.17. The summed E-state index contributed by atoms with van der Waals surface area (Å²) in [6.45, 7) is 5.07. The Morgan fingerprint density at radius 2 is 2.27 bits per heavy atom. The fraction of sp³-hybridized carbons (Fsp3) is 0.444. The number of hydrogen-bond acceptors (Lipinski definition) is 3. The number of piperidine rings is 1. The van der Waals surface area contributed by atoms with Gasteiger partial charge in [-0.1, -0.05) is 18.6 Å². The van der Waals surface area contributed by atoms with Crippen LogP contribution in [0, 0.1) is 18.3 Å². The largest absolute Gasteiger partial charge is 0.294 e. The summed E-state index contributed by atoms with van der Waals surface area (Å²) in [6, 6.07) is 10.7. The van der Waals surface area contributed by atoms with E-state index in [1.165, 1.54) is 30.4 Å². The number of rotatable bonds is 4. The normalized spacial score (nSPS) is 19.0. The molecule has 1 saturated heterocycles. The van der Waals surface area contributed by atoms with Gasteiger partial charge in [0.2, 0.25) is 0 Å². The van der Waals surface area contributed by atoms with Crippen LogP contribution in [-0.2, 0) is 13.1 Å². The molecule has 0 spiro atoms. The van der Waals surface area contributed by atoms with Crippen LogP contribution in [-0.4, -0.2) is 27.3 Å². The summed E-state index contributed by atoms with van der Waals surface area (Å²) in [4.78, 5) is 2.54. The van der Waals surface area contributed by atoms with E-state index in [2.05, 4.69) is 39.9 Å². The van der Waals surface area contributed by atoms with E-state index in [9.17, 15) is 0 Å². The third-order valence-electron chi connectivity index (χ3n) is 4.35. The average molecular weight is 294 g/mol. The van der Waals surface area contributed by atoms with Crippen LogP contribution in [0.2, 0.25) is 0 Å². The molecule has 0 amide bonds. The third kappa shape index (κ3) is 3.55. The van der Waals surface area contributed by atoms with E-state index in [0.29, 0.717) is 6.04 Å². The molecule has 4 heteroatoms. The van der Waals surface area contributed by atoms with Crippen molar-refractivity contribution in [3.63, 3.8) is 0 Å². The Hall–Kier alpha value is -2.12. The molecule has 0 saturated carbocycles. The first-order valence-corrected chi connectivity index (χ1v) is 7.97. The highest BCUT2D eigenvalue weighted by molar-refractivity contribution is 5.32. The number of aromatic nitrogens is 2. The number of nitrogens with zero attached hydrogens (tertiary/aromatic N) is 4. The van der Waals surface area contributed by atoms with Crippen molar-refractivity contribution < 1.29 is 0 Å². The summed E-state index contributed by atoms with van der Waals surface area (Å²) >= 11 is 0. The van der Waals surface area contributed by atoms with Crippen LogP contribution >= 0.6 is 0 Å². The molecule has 1 aromatic carbocycles. The minimum Gasteiger partial charge on any atom is -0.294 e. The number of likely N-dealkylation sites (tertiary alicyclic amines) is 1. The van der Waals surface area contributed by atoms with E-state index in [0.717, 1.165) is 25.2 Å². The molecule has 1 fully saturated rings. The number of benzene rings is 1. The Morgan fingerprint density at radius 3 is 3.05 bits per heavy atom. The Labute approximate surface area is 132 Å². The molecule has 0 N–H and O–H groups in total. The summed E-state index contributed by atoms with van der Waals surface area (Å²) in [7, 11) is 0. The van der Waals surface area contributed by atoms with Gasteiger partial charge >= 0.3 is 0 Å². The fourth-order valence-electron chi connectivity index (χ4n) is 3.23. The molecule has 1 unspecified atom stereocenters. The monoisotopic (exact) mass is 294 g/mol. The minimum absolute atomic E-state index is 0.527. The summed E-state index contributed by atoms with van der Waals surface area (Å²) in [5, 5.41) is 13.5. The van der Waals surface area contributed by atoms with Crippen LogP contribution in [0.25, 0.3) is 0 Å². The summed E-state index contributed by atoms with van der Waals surface area (Å²) in [5.74, 6) is 0. The van der Waals surface area contributed by atoms with Crippen molar-refractivity contribution in [1.82, 2.24) is 14.7 Å². The van der Waals surface area contributed by atoms with Crippen LogP contribution in [0.4, 0.5) is 0 Å². The van der Waals surface area contributed by atoms with Gasteiger partial charge in [-0.15, -0.1) is 0 Å². The predicted molar refractivity (Wildman–Crippen MR) is 86.2 cm³/mol. The van der Waals surface area contributed by atoms with Crippen molar-refractivity contribution in [3.05, 3.63) is 53.3 Å². The van der Waals surface area contributed by atoms with Crippen molar-refractivity contribution in [2.75, 3.05) is 6.54 Å². The summed E-state index contributed by atoms with van der Waals surface area (Å²) in [5.41, 5.74) is 3.18. The van der Waals surface area contributed by atoms with E-state index in [1.807, 2.05) is 24.4 Å². The zero-order valence-electron chi connectivity index (χ0n) is 13.1. The zero-order valence-corrected chi connectivity index (χ0v) is 13.1. The van der Waals surface area contributed by atoms with Crippen molar-refractivity contribution in [3.8, 4) is 6.07 Å². The second-order valence-corrected chi connectivity index (χ2v) is 6.17. The van der Waals surface area contributed by atoms with Crippen LogP contribution in [0.15, 0.2) is 36.7 Å². The molecular weight excluding hydrogens is 272 g/mol.